The van der Waals surface area contributed by atoms with E-state index >= 15 is 0 Å². The zero-order chi connectivity index (χ0) is 17.4. The van der Waals surface area contributed by atoms with E-state index in [1.54, 1.807) is 6.07 Å². The first kappa shape index (κ1) is 19.8. The Labute approximate surface area is 162 Å². The van der Waals surface area contributed by atoms with Gasteiger partial charge in [-0.3, -0.25) is 4.79 Å². The summed E-state index contributed by atoms with van der Waals surface area (Å²) in [6.07, 6.45) is 0. The highest BCUT2D eigenvalue weighted by atomic mass is 127. The summed E-state index contributed by atoms with van der Waals surface area (Å²) < 4.78 is 42.4. The number of halogens is 5. The summed E-state index contributed by atoms with van der Waals surface area (Å²) in [5, 5.41) is 2.61. The second-order valence-corrected chi connectivity index (χ2v) is 6.78. The minimum Gasteiger partial charge on any atom is -0.352 e. The number of anilines is 2. The molecule has 1 amide bonds. The minimum atomic E-state index is -1.01. The number of carbonyl (C=O) groups excluding carboxylic acids is 1. The lowest BCUT2D eigenvalue weighted by atomic mass is 10.0. The van der Waals surface area contributed by atoms with Crippen molar-refractivity contribution in [3.8, 4) is 0 Å². The van der Waals surface area contributed by atoms with Gasteiger partial charge in [-0.1, -0.05) is 0 Å². The van der Waals surface area contributed by atoms with E-state index in [2.05, 4.69) is 5.32 Å². The van der Waals surface area contributed by atoms with Crippen LogP contribution in [-0.2, 0) is 0 Å². The smallest absolute Gasteiger partial charge is 0.259 e. The molecule has 2 aromatic rings. The van der Waals surface area contributed by atoms with Crippen LogP contribution in [0.4, 0.5) is 24.5 Å². The molecule has 0 spiro atoms. The first-order chi connectivity index (χ1) is 11.3. The standard InChI is InChI=1S/C16H13F3IN3O.ClH/c17-8-3-12(19)15(16(24)23-6-10(21)7-23)14(4-8)22-13-2-1-9(20)5-11(13)18;/h1-5,10,22H,6-7,21H2;1H. The molecule has 0 aromatic heterocycles. The third-order valence-corrected chi connectivity index (χ3v) is 4.34. The maximum absolute atomic E-state index is 14.2. The number of likely N-dealkylation sites (tertiary alicyclic amines) is 1. The van der Waals surface area contributed by atoms with Crippen LogP contribution in [0.3, 0.4) is 0 Å². The molecule has 0 aliphatic carbocycles. The zero-order valence-corrected chi connectivity index (χ0v) is 15.7. The summed E-state index contributed by atoms with van der Waals surface area (Å²) in [6, 6.07) is 5.79. The van der Waals surface area contributed by atoms with E-state index in [0.717, 1.165) is 6.07 Å². The molecule has 0 radical (unpaired) electrons. The topological polar surface area (TPSA) is 58.4 Å². The fourth-order valence-electron chi connectivity index (χ4n) is 2.46. The van der Waals surface area contributed by atoms with Crippen LogP contribution in [0.25, 0.3) is 0 Å². The minimum absolute atomic E-state index is 0. The molecule has 0 saturated carbocycles. The average molecular weight is 484 g/mol. The molecule has 9 heteroatoms. The molecule has 0 bridgehead atoms. The highest BCUT2D eigenvalue weighted by Crippen LogP contribution is 2.29. The van der Waals surface area contributed by atoms with Gasteiger partial charge in [0.1, 0.15) is 17.5 Å². The molecule has 4 nitrogen and oxygen atoms in total. The van der Waals surface area contributed by atoms with Gasteiger partial charge < -0.3 is 16.0 Å². The third-order valence-electron chi connectivity index (χ3n) is 3.67. The average Bonchev–Trinajstić information content (AvgIpc) is 2.46. The molecule has 134 valence electrons. The first-order valence-corrected chi connectivity index (χ1v) is 8.19. The van der Waals surface area contributed by atoms with E-state index in [4.69, 9.17) is 5.73 Å². The van der Waals surface area contributed by atoms with Gasteiger partial charge in [-0.25, -0.2) is 13.2 Å². The largest absolute Gasteiger partial charge is 0.352 e. The van der Waals surface area contributed by atoms with Crippen molar-refractivity contribution in [2.45, 2.75) is 6.04 Å². The van der Waals surface area contributed by atoms with E-state index in [-0.39, 0.29) is 35.4 Å². The predicted octanol–water partition coefficient (Wildman–Crippen LogP) is 3.66. The van der Waals surface area contributed by atoms with Crippen LogP contribution < -0.4 is 11.1 Å². The zero-order valence-electron chi connectivity index (χ0n) is 12.7. The van der Waals surface area contributed by atoms with Crippen LogP contribution in [-0.4, -0.2) is 29.9 Å². The van der Waals surface area contributed by atoms with Crippen molar-refractivity contribution in [1.29, 1.82) is 0 Å². The maximum atomic E-state index is 14.2. The van der Waals surface area contributed by atoms with Crippen LogP contribution in [0.1, 0.15) is 10.4 Å². The molecule has 1 saturated heterocycles. The summed E-state index contributed by atoms with van der Waals surface area (Å²) in [5.74, 6) is -3.06. The van der Waals surface area contributed by atoms with Gasteiger partial charge in [-0.2, -0.15) is 0 Å². The van der Waals surface area contributed by atoms with Crippen LogP contribution in [0.5, 0.6) is 0 Å². The maximum Gasteiger partial charge on any atom is 0.259 e. The molecule has 1 heterocycles. The third kappa shape index (κ3) is 4.18. The van der Waals surface area contributed by atoms with Gasteiger partial charge in [-0.05, 0) is 46.9 Å². The van der Waals surface area contributed by atoms with E-state index < -0.39 is 23.4 Å². The van der Waals surface area contributed by atoms with Crippen LogP contribution in [0, 0.1) is 21.0 Å². The lowest BCUT2D eigenvalue weighted by molar-refractivity contribution is 0.0604. The number of rotatable bonds is 3. The summed E-state index contributed by atoms with van der Waals surface area (Å²) in [7, 11) is 0. The summed E-state index contributed by atoms with van der Waals surface area (Å²) in [4.78, 5) is 13.8. The van der Waals surface area contributed by atoms with E-state index in [1.165, 1.54) is 17.0 Å². The van der Waals surface area contributed by atoms with Crippen molar-refractivity contribution in [2.75, 3.05) is 18.4 Å². The molecule has 1 aliphatic rings. The highest BCUT2D eigenvalue weighted by Gasteiger charge is 2.32. The quantitative estimate of drug-likeness (QED) is 0.656. The molecule has 2 aromatic carbocycles. The number of carbonyl (C=O) groups is 1. The number of hydrogen-bond acceptors (Lipinski definition) is 3. The Hall–Kier alpha value is -1.52. The molecular weight excluding hydrogens is 470 g/mol. The van der Waals surface area contributed by atoms with Gasteiger partial charge in [0.2, 0.25) is 0 Å². The number of amides is 1. The van der Waals surface area contributed by atoms with Gasteiger partial charge >= 0.3 is 0 Å². The Morgan fingerprint density at radius 1 is 1.12 bits per heavy atom. The van der Waals surface area contributed by atoms with Crippen molar-refractivity contribution < 1.29 is 18.0 Å². The fourth-order valence-corrected chi connectivity index (χ4v) is 2.92. The molecule has 0 unspecified atom stereocenters. The van der Waals surface area contributed by atoms with Crippen molar-refractivity contribution in [3.05, 3.63) is 56.9 Å². The van der Waals surface area contributed by atoms with Crippen LogP contribution in [0.15, 0.2) is 30.3 Å². The summed E-state index contributed by atoms with van der Waals surface area (Å²) in [5.41, 5.74) is 5.19. The monoisotopic (exact) mass is 483 g/mol. The van der Waals surface area contributed by atoms with E-state index in [0.29, 0.717) is 22.7 Å². The number of benzene rings is 2. The number of hydrogen-bond donors (Lipinski definition) is 2. The summed E-state index contributed by atoms with van der Waals surface area (Å²) >= 11 is 1.94. The lowest BCUT2D eigenvalue weighted by Crippen LogP contribution is -2.58. The van der Waals surface area contributed by atoms with Gasteiger partial charge in [0.25, 0.3) is 5.91 Å². The van der Waals surface area contributed by atoms with Crippen molar-refractivity contribution in [3.63, 3.8) is 0 Å². The number of nitrogens with zero attached hydrogens (tertiary/aromatic N) is 1. The molecule has 25 heavy (non-hydrogen) atoms. The number of nitrogens with two attached hydrogens (primary N) is 1. The Bertz CT molecular complexity index is 815. The van der Waals surface area contributed by atoms with E-state index in [1.807, 2.05) is 22.6 Å². The molecule has 1 fully saturated rings. The molecular formula is C16H14ClF3IN3O. The highest BCUT2D eigenvalue weighted by molar-refractivity contribution is 14.1. The van der Waals surface area contributed by atoms with Gasteiger partial charge in [0.05, 0.1) is 16.9 Å². The second kappa shape index (κ2) is 7.79. The predicted molar refractivity (Wildman–Crippen MR) is 99.9 cm³/mol. The van der Waals surface area contributed by atoms with Gasteiger partial charge in [0.15, 0.2) is 0 Å². The summed E-state index contributed by atoms with van der Waals surface area (Å²) in [6.45, 7) is 0.597. The first-order valence-electron chi connectivity index (χ1n) is 7.11. The van der Waals surface area contributed by atoms with Crippen molar-refractivity contribution in [1.82, 2.24) is 4.90 Å². The lowest BCUT2D eigenvalue weighted by Gasteiger charge is -2.37. The molecule has 3 N–H and O–H groups in total. The van der Waals surface area contributed by atoms with Crippen molar-refractivity contribution >= 4 is 52.3 Å². The second-order valence-electron chi connectivity index (χ2n) is 5.53. The molecule has 3 rings (SSSR count). The van der Waals surface area contributed by atoms with E-state index in [9.17, 15) is 18.0 Å². The normalized spacial score (nSPS) is 13.9. The number of nitrogens with one attached hydrogen (secondary N) is 1. The molecule has 1 aliphatic heterocycles. The fraction of sp³-hybridized carbons (Fsp3) is 0.188. The Morgan fingerprint density at radius 3 is 2.40 bits per heavy atom. The SMILES string of the molecule is Cl.NC1CN(C(=O)c2c(F)cc(F)cc2Nc2ccc(I)cc2F)C1. The van der Waals surface area contributed by atoms with Gasteiger partial charge in [-0.15, -0.1) is 12.4 Å². The van der Waals surface area contributed by atoms with Crippen LogP contribution in [0.2, 0.25) is 0 Å². The van der Waals surface area contributed by atoms with Crippen LogP contribution >= 0.6 is 35.0 Å². The Balaban J connectivity index is 0.00000225. The van der Waals surface area contributed by atoms with Crippen molar-refractivity contribution in [2.24, 2.45) is 5.73 Å². The van der Waals surface area contributed by atoms with Gasteiger partial charge in [0, 0.05) is 28.8 Å². The Kier molecular flexibility index (Phi) is 6.17. The Morgan fingerprint density at radius 2 is 1.80 bits per heavy atom. The molecule has 0 atom stereocenters.